The normalized spacial score (nSPS) is 17.3. The Bertz CT molecular complexity index is 648. The number of aryl methyl sites for hydroxylation is 1. The molecule has 1 aromatic heterocycles. The van der Waals surface area contributed by atoms with Gasteiger partial charge in [-0.15, -0.1) is 0 Å². The topological polar surface area (TPSA) is 45.5 Å². The largest absolute Gasteiger partial charge is 0.469 e. The van der Waals surface area contributed by atoms with Gasteiger partial charge in [0.1, 0.15) is 5.76 Å². The van der Waals surface area contributed by atoms with E-state index in [-0.39, 0.29) is 11.9 Å². The van der Waals surface area contributed by atoms with Crippen LogP contribution in [0.5, 0.6) is 0 Å². The Morgan fingerprint density at radius 1 is 1.33 bits per heavy atom. The SMILES string of the molecule is Cc1occc1CN(C)C(=O)[C@@H]1Cc2ccccc2CN1. The lowest BCUT2D eigenvalue weighted by Crippen LogP contribution is -2.48. The molecule has 3 rings (SSSR count). The first-order chi connectivity index (χ1) is 10.1. The molecule has 0 fully saturated rings. The average molecular weight is 284 g/mol. The third kappa shape index (κ3) is 2.85. The highest BCUT2D eigenvalue weighted by molar-refractivity contribution is 5.82. The van der Waals surface area contributed by atoms with Gasteiger partial charge in [-0.1, -0.05) is 24.3 Å². The molecular formula is C17H20N2O2. The maximum absolute atomic E-state index is 12.6. The summed E-state index contributed by atoms with van der Waals surface area (Å²) < 4.78 is 5.28. The number of furan rings is 1. The summed E-state index contributed by atoms with van der Waals surface area (Å²) in [6, 6.07) is 10.1. The quantitative estimate of drug-likeness (QED) is 0.940. The molecular weight excluding hydrogens is 264 g/mol. The van der Waals surface area contributed by atoms with Gasteiger partial charge in [0.25, 0.3) is 0 Å². The van der Waals surface area contributed by atoms with Gasteiger partial charge >= 0.3 is 0 Å². The standard InChI is InChI=1S/C17H20N2O2/c1-12-15(7-8-21-12)11-19(2)17(20)16-9-13-5-3-4-6-14(13)10-18-16/h3-8,16,18H,9-11H2,1-2H3/t16-/m0/s1. The molecule has 0 spiro atoms. The van der Waals surface area contributed by atoms with Gasteiger partial charge in [0, 0.05) is 25.7 Å². The zero-order valence-corrected chi connectivity index (χ0v) is 12.4. The number of rotatable bonds is 3. The average Bonchev–Trinajstić information content (AvgIpc) is 2.91. The fraction of sp³-hybridized carbons (Fsp3) is 0.353. The maximum atomic E-state index is 12.6. The third-order valence-electron chi connectivity index (χ3n) is 4.13. The lowest BCUT2D eigenvalue weighted by molar-refractivity contribution is -0.132. The van der Waals surface area contributed by atoms with Crippen molar-refractivity contribution in [2.45, 2.75) is 32.5 Å². The summed E-state index contributed by atoms with van der Waals surface area (Å²) in [4.78, 5) is 14.3. The first kappa shape index (κ1) is 13.9. The van der Waals surface area contributed by atoms with Crippen molar-refractivity contribution in [1.29, 1.82) is 0 Å². The van der Waals surface area contributed by atoms with Crippen molar-refractivity contribution in [2.75, 3.05) is 7.05 Å². The molecule has 1 amide bonds. The van der Waals surface area contributed by atoms with Crippen molar-refractivity contribution in [1.82, 2.24) is 10.2 Å². The van der Waals surface area contributed by atoms with Crippen LogP contribution in [0.15, 0.2) is 41.0 Å². The predicted molar refractivity (Wildman–Crippen MR) is 80.7 cm³/mol. The Morgan fingerprint density at radius 2 is 2.10 bits per heavy atom. The van der Waals surface area contributed by atoms with Crippen molar-refractivity contribution in [2.24, 2.45) is 0 Å². The zero-order chi connectivity index (χ0) is 14.8. The number of hydrogen-bond acceptors (Lipinski definition) is 3. The Kier molecular flexibility index (Phi) is 3.80. The van der Waals surface area contributed by atoms with E-state index in [0.29, 0.717) is 6.54 Å². The number of carbonyl (C=O) groups excluding carboxylic acids is 1. The molecule has 0 unspecified atom stereocenters. The highest BCUT2D eigenvalue weighted by Crippen LogP contribution is 2.18. The van der Waals surface area contributed by atoms with E-state index in [4.69, 9.17) is 4.42 Å². The van der Waals surface area contributed by atoms with Crippen LogP contribution in [0, 0.1) is 6.92 Å². The van der Waals surface area contributed by atoms with Crippen LogP contribution in [0.3, 0.4) is 0 Å². The molecule has 0 saturated carbocycles. The van der Waals surface area contributed by atoms with Crippen LogP contribution < -0.4 is 5.32 Å². The molecule has 110 valence electrons. The van der Waals surface area contributed by atoms with Crippen LogP contribution >= 0.6 is 0 Å². The molecule has 0 radical (unpaired) electrons. The van der Waals surface area contributed by atoms with Gasteiger partial charge in [0.05, 0.1) is 12.3 Å². The van der Waals surface area contributed by atoms with E-state index >= 15 is 0 Å². The molecule has 1 aliphatic rings. The molecule has 4 nitrogen and oxygen atoms in total. The number of nitrogens with zero attached hydrogens (tertiary/aromatic N) is 1. The predicted octanol–water partition coefficient (Wildman–Crippen LogP) is 2.26. The lowest BCUT2D eigenvalue weighted by atomic mass is 9.95. The molecule has 4 heteroatoms. The number of benzene rings is 1. The Balaban J connectivity index is 1.67. The second kappa shape index (κ2) is 5.74. The van der Waals surface area contributed by atoms with Gasteiger partial charge in [-0.2, -0.15) is 0 Å². The van der Waals surface area contributed by atoms with Crippen LogP contribution in [0.25, 0.3) is 0 Å². The van der Waals surface area contributed by atoms with Gasteiger partial charge in [-0.05, 0) is 30.5 Å². The summed E-state index contributed by atoms with van der Waals surface area (Å²) in [6.07, 6.45) is 2.42. The number of fused-ring (bicyclic) bond motifs is 1. The fourth-order valence-electron chi connectivity index (χ4n) is 2.80. The van der Waals surface area contributed by atoms with E-state index in [1.54, 1.807) is 11.2 Å². The second-order valence-corrected chi connectivity index (χ2v) is 5.60. The second-order valence-electron chi connectivity index (χ2n) is 5.60. The minimum atomic E-state index is -0.142. The van der Waals surface area contributed by atoms with E-state index in [2.05, 4.69) is 17.4 Å². The monoisotopic (exact) mass is 284 g/mol. The minimum Gasteiger partial charge on any atom is -0.469 e. The van der Waals surface area contributed by atoms with Gasteiger partial charge in [0.15, 0.2) is 0 Å². The zero-order valence-electron chi connectivity index (χ0n) is 12.4. The molecule has 1 aromatic carbocycles. The summed E-state index contributed by atoms with van der Waals surface area (Å²) in [5.41, 5.74) is 3.61. The van der Waals surface area contributed by atoms with E-state index in [1.807, 2.05) is 32.2 Å². The molecule has 0 aliphatic carbocycles. The fourth-order valence-corrected chi connectivity index (χ4v) is 2.80. The van der Waals surface area contributed by atoms with Gasteiger partial charge < -0.3 is 14.6 Å². The molecule has 1 aliphatic heterocycles. The molecule has 21 heavy (non-hydrogen) atoms. The third-order valence-corrected chi connectivity index (χ3v) is 4.13. The summed E-state index contributed by atoms with van der Waals surface area (Å²) in [5.74, 6) is 1.00. The highest BCUT2D eigenvalue weighted by atomic mass is 16.3. The molecule has 1 atom stereocenters. The van der Waals surface area contributed by atoms with Crippen molar-refractivity contribution in [3.8, 4) is 0 Å². The molecule has 2 aromatic rings. The number of carbonyl (C=O) groups is 1. The smallest absolute Gasteiger partial charge is 0.240 e. The summed E-state index contributed by atoms with van der Waals surface area (Å²) in [5, 5.41) is 3.34. The van der Waals surface area contributed by atoms with Crippen LogP contribution in [0.1, 0.15) is 22.5 Å². The minimum absolute atomic E-state index is 0.130. The molecule has 1 N–H and O–H groups in total. The Labute approximate surface area is 124 Å². The number of hydrogen-bond donors (Lipinski definition) is 1. The molecule has 0 saturated heterocycles. The van der Waals surface area contributed by atoms with E-state index in [0.717, 1.165) is 24.3 Å². The molecule has 0 bridgehead atoms. The van der Waals surface area contributed by atoms with Crippen molar-refractivity contribution >= 4 is 5.91 Å². The van der Waals surface area contributed by atoms with Gasteiger partial charge in [0.2, 0.25) is 5.91 Å². The van der Waals surface area contributed by atoms with E-state index in [9.17, 15) is 4.79 Å². The van der Waals surface area contributed by atoms with Crippen molar-refractivity contribution < 1.29 is 9.21 Å². The Hall–Kier alpha value is -2.07. The van der Waals surface area contributed by atoms with E-state index in [1.165, 1.54) is 11.1 Å². The van der Waals surface area contributed by atoms with Crippen LogP contribution in [-0.4, -0.2) is 23.9 Å². The summed E-state index contributed by atoms with van der Waals surface area (Å²) in [6.45, 7) is 3.26. The Morgan fingerprint density at radius 3 is 2.81 bits per heavy atom. The van der Waals surface area contributed by atoms with E-state index < -0.39 is 0 Å². The lowest BCUT2D eigenvalue weighted by Gasteiger charge is -2.29. The number of likely N-dealkylation sites (N-methyl/N-ethyl adjacent to an activating group) is 1. The number of nitrogens with one attached hydrogen (secondary N) is 1. The summed E-state index contributed by atoms with van der Waals surface area (Å²) in [7, 11) is 1.84. The van der Waals surface area contributed by atoms with Gasteiger partial charge in [-0.3, -0.25) is 4.79 Å². The summed E-state index contributed by atoms with van der Waals surface area (Å²) >= 11 is 0. The number of amides is 1. The van der Waals surface area contributed by atoms with Crippen LogP contribution in [0.2, 0.25) is 0 Å². The van der Waals surface area contributed by atoms with Crippen molar-refractivity contribution in [3.63, 3.8) is 0 Å². The first-order valence-electron chi connectivity index (χ1n) is 7.23. The highest BCUT2D eigenvalue weighted by Gasteiger charge is 2.26. The van der Waals surface area contributed by atoms with Crippen LogP contribution in [-0.2, 0) is 24.3 Å². The first-order valence-corrected chi connectivity index (χ1v) is 7.23. The maximum Gasteiger partial charge on any atom is 0.240 e. The van der Waals surface area contributed by atoms with Crippen LogP contribution in [0.4, 0.5) is 0 Å². The molecule has 2 heterocycles. The van der Waals surface area contributed by atoms with Gasteiger partial charge in [-0.25, -0.2) is 0 Å². The van der Waals surface area contributed by atoms with Crippen molar-refractivity contribution in [3.05, 3.63) is 59.0 Å².